The van der Waals surface area contributed by atoms with Crippen LogP contribution in [0.15, 0.2) is 24.3 Å². The van der Waals surface area contributed by atoms with E-state index in [4.69, 9.17) is 14.2 Å². The van der Waals surface area contributed by atoms with Gasteiger partial charge < -0.3 is 24.8 Å². The van der Waals surface area contributed by atoms with E-state index < -0.39 is 17.6 Å². The summed E-state index contributed by atoms with van der Waals surface area (Å²) in [7, 11) is 1.59. The summed E-state index contributed by atoms with van der Waals surface area (Å²) in [5.41, 5.74) is 0.887. The SMILES string of the molecule is COc1ccc(CNC(=O)C(=O)NC[C@H]2COC3(CCCC3)O2)cc1. The quantitative estimate of drug-likeness (QED) is 0.779. The predicted octanol–water partition coefficient (Wildman–Crippen LogP) is 1.11. The third-order valence-electron chi connectivity index (χ3n) is 4.59. The lowest BCUT2D eigenvalue weighted by Gasteiger charge is -2.21. The zero-order valence-electron chi connectivity index (χ0n) is 14.4. The van der Waals surface area contributed by atoms with Crippen LogP contribution in [0.1, 0.15) is 31.2 Å². The summed E-state index contributed by atoms with van der Waals surface area (Å²) in [6, 6.07) is 7.28. The third-order valence-corrected chi connectivity index (χ3v) is 4.59. The average molecular weight is 348 g/mol. The van der Waals surface area contributed by atoms with E-state index in [0.717, 1.165) is 37.0 Å². The molecule has 0 radical (unpaired) electrons. The number of carbonyl (C=O) groups is 2. The molecule has 2 aliphatic rings. The lowest BCUT2D eigenvalue weighted by atomic mass is 10.2. The fourth-order valence-electron chi connectivity index (χ4n) is 3.19. The van der Waals surface area contributed by atoms with E-state index in [2.05, 4.69) is 10.6 Å². The van der Waals surface area contributed by atoms with Gasteiger partial charge in [-0.3, -0.25) is 9.59 Å². The van der Waals surface area contributed by atoms with E-state index in [1.165, 1.54) is 0 Å². The second-order valence-corrected chi connectivity index (χ2v) is 6.41. The molecular weight excluding hydrogens is 324 g/mol. The summed E-state index contributed by atoms with van der Waals surface area (Å²) in [5, 5.41) is 5.21. The molecule has 1 atom stereocenters. The molecule has 1 aliphatic carbocycles. The maximum absolute atomic E-state index is 11.9. The summed E-state index contributed by atoms with van der Waals surface area (Å²) in [4.78, 5) is 23.8. The topological polar surface area (TPSA) is 85.9 Å². The van der Waals surface area contributed by atoms with E-state index in [0.29, 0.717) is 6.61 Å². The fraction of sp³-hybridized carbons (Fsp3) is 0.556. The first-order valence-corrected chi connectivity index (χ1v) is 8.61. The zero-order chi connectivity index (χ0) is 17.7. The minimum atomic E-state index is -0.663. The molecular formula is C18H24N2O5. The highest BCUT2D eigenvalue weighted by molar-refractivity contribution is 6.35. The molecule has 7 heteroatoms. The van der Waals surface area contributed by atoms with Crippen LogP contribution in [-0.4, -0.2) is 44.0 Å². The normalized spacial score (nSPS) is 21.2. The molecule has 1 saturated heterocycles. The third kappa shape index (κ3) is 4.49. The molecule has 0 aromatic heterocycles. The molecule has 1 aromatic rings. The molecule has 1 aromatic carbocycles. The van der Waals surface area contributed by atoms with Gasteiger partial charge in [0.25, 0.3) is 0 Å². The summed E-state index contributed by atoms with van der Waals surface area (Å²) in [5.74, 6) is -1.03. The molecule has 1 aliphatic heterocycles. The summed E-state index contributed by atoms with van der Waals surface area (Å²) in [6.07, 6.45) is 3.82. The number of amides is 2. The fourth-order valence-corrected chi connectivity index (χ4v) is 3.19. The number of nitrogens with one attached hydrogen (secondary N) is 2. The van der Waals surface area contributed by atoms with Crippen LogP contribution in [-0.2, 0) is 25.6 Å². The maximum atomic E-state index is 11.9. The number of benzene rings is 1. The van der Waals surface area contributed by atoms with Crippen LogP contribution in [0.25, 0.3) is 0 Å². The van der Waals surface area contributed by atoms with Crippen molar-refractivity contribution >= 4 is 11.8 Å². The van der Waals surface area contributed by atoms with Crippen molar-refractivity contribution in [1.82, 2.24) is 10.6 Å². The lowest BCUT2D eigenvalue weighted by molar-refractivity contribution is -0.161. The van der Waals surface area contributed by atoms with Crippen molar-refractivity contribution in [3.63, 3.8) is 0 Å². The number of rotatable bonds is 5. The molecule has 1 spiro atoms. The summed E-state index contributed by atoms with van der Waals surface area (Å²) in [6.45, 7) is 1.01. The molecule has 1 saturated carbocycles. The Morgan fingerprint density at radius 3 is 2.52 bits per heavy atom. The Hall–Kier alpha value is -2.12. The van der Waals surface area contributed by atoms with Gasteiger partial charge in [0.2, 0.25) is 0 Å². The Balaban J connectivity index is 1.38. The monoisotopic (exact) mass is 348 g/mol. The Kier molecular flexibility index (Phi) is 5.55. The van der Waals surface area contributed by atoms with Gasteiger partial charge in [-0.15, -0.1) is 0 Å². The Labute approximate surface area is 147 Å². The highest BCUT2D eigenvalue weighted by Gasteiger charge is 2.43. The summed E-state index contributed by atoms with van der Waals surface area (Å²) >= 11 is 0. The molecule has 0 unspecified atom stereocenters. The molecule has 2 amide bonds. The number of carbonyl (C=O) groups excluding carboxylic acids is 2. The zero-order valence-corrected chi connectivity index (χ0v) is 14.4. The van der Waals surface area contributed by atoms with Crippen LogP contribution in [0.4, 0.5) is 0 Å². The van der Waals surface area contributed by atoms with Crippen molar-refractivity contribution in [3.8, 4) is 5.75 Å². The van der Waals surface area contributed by atoms with Gasteiger partial charge in [0.05, 0.1) is 13.7 Å². The van der Waals surface area contributed by atoms with Crippen molar-refractivity contribution in [1.29, 1.82) is 0 Å². The number of methoxy groups -OCH3 is 1. The van der Waals surface area contributed by atoms with Crippen molar-refractivity contribution < 1.29 is 23.8 Å². The molecule has 25 heavy (non-hydrogen) atoms. The van der Waals surface area contributed by atoms with Gasteiger partial charge in [-0.1, -0.05) is 12.1 Å². The van der Waals surface area contributed by atoms with Gasteiger partial charge in [0, 0.05) is 25.9 Å². The van der Waals surface area contributed by atoms with Gasteiger partial charge in [-0.05, 0) is 30.5 Å². The van der Waals surface area contributed by atoms with Crippen LogP contribution in [0.5, 0.6) is 5.75 Å². The first-order valence-electron chi connectivity index (χ1n) is 8.61. The first kappa shape index (κ1) is 17.7. The number of hydrogen-bond donors (Lipinski definition) is 2. The smallest absolute Gasteiger partial charge is 0.309 e. The van der Waals surface area contributed by atoms with Crippen LogP contribution < -0.4 is 15.4 Å². The second kappa shape index (κ2) is 7.84. The molecule has 7 nitrogen and oxygen atoms in total. The maximum Gasteiger partial charge on any atom is 0.309 e. The van der Waals surface area contributed by atoms with E-state index in [1.54, 1.807) is 19.2 Å². The van der Waals surface area contributed by atoms with Gasteiger partial charge in [-0.2, -0.15) is 0 Å². The Morgan fingerprint density at radius 2 is 1.84 bits per heavy atom. The van der Waals surface area contributed by atoms with Crippen LogP contribution in [0.3, 0.4) is 0 Å². The largest absolute Gasteiger partial charge is 0.497 e. The molecule has 1 heterocycles. The van der Waals surface area contributed by atoms with Gasteiger partial charge in [-0.25, -0.2) is 0 Å². The number of ether oxygens (including phenoxy) is 3. The van der Waals surface area contributed by atoms with Crippen molar-refractivity contribution in [3.05, 3.63) is 29.8 Å². The van der Waals surface area contributed by atoms with Gasteiger partial charge in [0.15, 0.2) is 5.79 Å². The molecule has 2 N–H and O–H groups in total. The molecule has 2 fully saturated rings. The summed E-state index contributed by atoms with van der Waals surface area (Å²) < 4.78 is 16.7. The Morgan fingerprint density at radius 1 is 1.16 bits per heavy atom. The highest BCUT2D eigenvalue weighted by Crippen LogP contribution is 2.38. The van der Waals surface area contributed by atoms with Crippen LogP contribution >= 0.6 is 0 Å². The van der Waals surface area contributed by atoms with E-state index >= 15 is 0 Å². The van der Waals surface area contributed by atoms with Crippen LogP contribution in [0.2, 0.25) is 0 Å². The lowest BCUT2D eigenvalue weighted by Crippen LogP contribution is -2.43. The van der Waals surface area contributed by atoms with Crippen molar-refractivity contribution in [2.45, 2.75) is 44.1 Å². The standard InChI is InChI=1S/C18H24N2O5/c1-23-14-6-4-13(5-7-14)10-19-16(21)17(22)20-11-15-12-24-18(25-15)8-2-3-9-18/h4-7,15H,2-3,8-12H2,1H3,(H,19,21)(H,20,22)/t15-/m0/s1. The van der Waals surface area contributed by atoms with Gasteiger partial charge in [0.1, 0.15) is 11.9 Å². The highest BCUT2D eigenvalue weighted by atomic mass is 16.7. The molecule has 136 valence electrons. The van der Waals surface area contributed by atoms with E-state index in [-0.39, 0.29) is 19.2 Å². The average Bonchev–Trinajstić information content (AvgIpc) is 3.27. The molecule has 0 bridgehead atoms. The first-order chi connectivity index (χ1) is 12.1. The van der Waals surface area contributed by atoms with Crippen molar-refractivity contribution in [2.75, 3.05) is 20.3 Å². The molecule has 3 rings (SSSR count). The minimum Gasteiger partial charge on any atom is -0.497 e. The second-order valence-electron chi connectivity index (χ2n) is 6.41. The van der Waals surface area contributed by atoms with E-state index in [9.17, 15) is 9.59 Å². The number of hydrogen-bond acceptors (Lipinski definition) is 5. The van der Waals surface area contributed by atoms with Crippen LogP contribution in [0, 0.1) is 0 Å². The predicted molar refractivity (Wildman–Crippen MR) is 89.9 cm³/mol. The van der Waals surface area contributed by atoms with E-state index in [1.807, 2.05) is 12.1 Å². The van der Waals surface area contributed by atoms with Gasteiger partial charge >= 0.3 is 11.8 Å². The van der Waals surface area contributed by atoms with Crippen molar-refractivity contribution in [2.24, 2.45) is 0 Å². The minimum absolute atomic E-state index is 0.198. The Bertz CT molecular complexity index is 610.